The van der Waals surface area contributed by atoms with Crippen LogP contribution in [-0.2, 0) is 9.53 Å². The van der Waals surface area contributed by atoms with Crippen LogP contribution in [0.5, 0.6) is 0 Å². The molecule has 0 radical (unpaired) electrons. The van der Waals surface area contributed by atoms with Gasteiger partial charge in [0.1, 0.15) is 5.52 Å². The summed E-state index contributed by atoms with van der Waals surface area (Å²) in [5.74, 6) is 0.264. The number of aromatic nitrogens is 4. The molecule has 1 amide bonds. The van der Waals surface area contributed by atoms with Gasteiger partial charge in [0.2, 0.25) is 11.9 Å². The number of anilines is 2. The van der Waals surface area contributed by atoms with Gasteiger partial charge in [0.05, 0.1) is 36.2 Å². The zero-order valence-corrected chi connectivity index (χ0v) is 18.8. The lowest BCUT2D eigenvalue weighted by atomic mass is 9.75. The van der Waals surface area contributed by atoms with E-state index in [1.165, 1.54) is 0 Å². The van der Waals surface area contributed by atoms with E-state index < -0.39 is 23.3 Å². The number of carbonyl (C=O) groups is 1. The lowest BCUT2D eigenvalue weighted by molar-refractivity contribution is -0.197. The minimum absolute atomic E-state index is 0.00786. The van der Waals surface area contributed by atoms with Crippen molar-refractivity contribution < 1.29 is 14.6 Å². The molecule has 1 spiro atoms. The first-order valence-electron chi connectivity index (χ1n) is 11.3. The van der Waals surface area contributed by atoms with E-state index >= 15 is 0 Å². The molecule has 4 heterocycles. The van der Waals surface area contributed by atoms with E-state index in [2.05, 4.69) is 21.9 Å². The van der Waals surface area contributed by atoms with Crippen molar-refractivity contribution in [1.29, 1.82) is 0 Å². The summed E-state index contributed by atoms with van der Waals surface area (Å²) in [6, 6.07) is -0.853. The third kappa shape index (κ3) is 4.12. The van der Waals surface area contributed by atoms with Crippen LogP contribution < -0.4 is 17.2 Å². The average molecular weight is 447 g/mol. The van der Waals surface area contributed by atoms with Gasteiger partial charge in [0.15, 0.2) is 11.5 Å². The van der Waals surface area contributed by atoms with Gasteiger partial charge in [-0.2, -0.15) is 9.97 Å². The number of nitrogens with two attached hydrogens (primary N) is 3. The SMILES string of the molecule is CCCC[C@@H](N)C(=O)N1CCC2(CC1)C[C@@](C)(O)[C@H](n1cnc3c(N)nc(N)nc31)CO2. The second-order valence-electron chi connectivity index (χ2n) is 9.41. The normalized spacial score (nSPS) is 26.5. The number of nitrogens with zero attached hydrogens (tertiary/aromatic N) is 5. The van der Waals surface area contributed by atoms with Crippen LogP contribution in [-0.4, -0.2) is 72.4 Å². The van der Waals surface area contributed by atoms with E-state index in [-0.39, 0.29) is 24.3 Å². The number of amides is 1. The predicted octanol–water partition coefficient (Wildman–Crippen LogP) is 0.582. The summed E-state index contributed by atoms with van der Waals surface area (Å²) in [6.45, 7) is 5.33. The number of likely N-dealkylation sites (tertiary alicyclic amines) is 1. The zero-order chi connectivity index (χ0) is 23.1. The summed E-state index contributed by atoms with van der Waals surface area (Å²) in [5, 5.41) is 11.4. The Hall–Kier alpha value is -2.50. The number of nitrogen functional groups attached to an aromatic ring is 2. The smallest absolute Gasteiger partial charge is 0.239 e. The highest BCUT2D eigenvalue weighted by Gasteiger charge is 2.50. The quantitative estimate of drug-likeness (QED) is 0.512. The molecule has 11 nitrogen and oxygen atoms in total. The topological polar surface area (TPSA) is 171 Å². The molecule has 3 atom stereocenters. The fourth-order valence-corrected chi connectivity index (χ4v) is 5.06. The van der Waals surface area contributed by atoms with Crippen LogP contribution in [0, 0.1) is 0 Å². The van der Waals surface area contributed by atoms with Crippen LogP contribution in [0.1, 0.15) is 58.4 Å². The van der Waals surface area contributed by atoms with E-state index in [0.717, 1.165) is 12.8 Å². The van der Waals surface area contributed by atoms with Crippen molar-refractivity contribution in [3.8, 4) is 0 Å². The van der Waals surface area contributed by atoms with Gasteiger partial charge in [-0.1, -0.05) is 19.8 Å². The molecule has 11 heteroatoms. The van der Waals surface area contributed by atoms with Gasteiger partial charge >= 0.3 is 0 Å². The third-order valence-corrected chi connectivity index (χ3v) is 6.92. The summed E-state index contributed by atoms with van der Waals surface area (Å²) in [7, 11) is 0. The lowest BCUT2D eigenvalue weighted by Gasteiger charge is -2.51. The lowest BCUT2D eigenvalue weighted by Crippen LogP contribution is -2.59. The summed E-state index contributed by atoms with van der Waals surface area (Å²) in [4.78, 5) is 27.0. The van der Waals surface area contributed by atoms with Crippen molar-refractivity contribution in [2.24, 2.45) is 5.73 Å². The van der Waals surface area contributed by atoms with Crippen molar-refractivity contribution >= 4 is 28.8 Å². The molecule has 4 rings (SSSR count). The molecular formula is C21H34N8O3. The highest BCUT2D eigenvalue weighted by atomic mass is 16.5. The van der Waals surface area contributed by atoms with Crippen LogP contribution >= 0.6 is 0 Å². The molecule has 2 aromatic heterocycles. The molecule has 7 N–H and O–H groups in total. The Morgan fingerprint density at radius 2 is 2.06 bits per heavy atom. The molecule has 0 saturated carbocycles. The van der Waals surface area contributed by atoms with Gasteiger partial charge in [-0.05, 0) is 26.2 Å². The Labute approximate surface area is 187 Å². The van der Waals surface area contributed by atoms with Crippen molar-refractivity contribution in [1.82, 2.24) is 24.4 Å². The van der Waals surface area contributed by atoms with Crippen LogP contribution in [0.2, 0.25) is 0 Å². The first-order chi connectivity index (χ1) is 15.2. The average Bonchev–Trinajstić information content (AvgIpc) is 3.15. The number of fused-ring (bicyclic) bond motifs is 1. The molecular weight excluding hydrogens is 412 g/mol. The molecule has 0 aliphatic carbocycles. The van der Waals surface area contributed by atoms with Crippen LogP contribution in [0.25, 0.3) is 11.2 Å². The Morgan fingerprint density at radius 3 is 2.72 bits per heavy atom. The van der Waals surface area contributed by atoms with Gasteiger partial charge < -0.3 is 36.5 Å². The van der Waals surface area contributed by atoms with Gasteiger partial charge in [-0.25, -0.2) is 4.98 Å². The molecule has 0 aromatic carbocycles. The van der Waals surface area contributed by atoms with E-state index in [4.69, 9.17) is 21.9 Å². The van der Waals surface area contributed by atoms with Gasteiger partial charge in [0.25, 0.3) is 0 Å². The number of imidazole rings is 1. The molecule has 2 aliphatic heterocycles. The van der Waals surface area contributed by atoms with Crippen LogP contribution in [0.4, 0.5) is 11.8 Å². The first-order valence-corrected chi connectivity index (χ1v) is 11.3. The van der Waals surface area contributed by atoms with Crippen molar-refractivity contribution in [2.45, 2.75) is 75.7 Å². The summed E-state index contributed by atoms with van der Waals surface area (Å²) in [6.07, 6.45) is 6.03. The van der Waals surface area contributed by atoms with E-state index in [1.54, 1.807) is 17.8 Å². The number of piperidine rings is 1. The second-order valence-corrected chi connectivity index (χ2v) is 9.41. The number of hydrogen-bond acceptors (Lipinski definition) is 9. The Bertz CT molecular complexity index is 983. The maximum atomic E-state index is 12.7. The minimum Gasteiger partial charge on any atom is -0.388 e. The minimum atomic E-state index is -1.08. The summed E-state index contributed by atoms with van der Waals surface area (Å²) >= 11 is 0. The fourth-order valence-electron chi connectivity index (χ4n) is 5.06. The second kappa shape index (κ2) is 8.45. The van der Waals surface area contributed by atoms with Crippen LogP contribution in [0.15, 0.2) is 6.33 Å². The van der Waals surface area contributed by atoms with E-state index in [0.29, 0.717) is 49.9 Å². The monoisotopic (exact) mass is 446 g/mol. The Kier molecular flexibility index (Phi) is 5.99. The molecule has 176 valence electrons. The van der Waals surface area contributed by atoms with Gasteiger partial charge in [-0.3, -0.25) is 4.79 Å². The first kappa shape index (κ1) is 22.7. The standard InChI is InChI=1S/C21H34N8O3/c1-3-4-5-13(22)18(30)28-8-6-21(7-9-28)11-20(2,31)14(10-32-21)29-12-25-15-16(23)26-19(24)27-17(15)29/h12-14,31H,3-11,22H2,1-2H3,(H4,23,24,26,27)/t13-,14-,20-/m1/s1. The summed E-state index contributed by atoms with van der Waals surface area (Å²) < 4.78 is 8.12. The Balaban J connectivity index is 1.46. The van der Waals surface area contributed by atoms with Crippen molar-refractivity contribution in [2.75, 3.05) is 31.2 Å². The number of carbonyl (C=O) groups excluding carboxylic acids is 1. The van der Waals surface area contributed by atoms with Crippen LogP contribution in [0.3, 0.4) is 0 Å². The largest absolute Gasteiger partial charge is 0.388 e. The van der Waals surface area contributed by atoms with E-state index in [9.17, 15) is 9.90 Å². The Morgan fingerprint density at radius 1 is 1.34 bits per heavy atom. The van der Waals surface area contributed by atoms with Gasteiger partial charge in [-0.15, -0.1) is 0 Å². The molecule has 2 aliphatic rings. The molecule has 0 unspecified atom stereocenters. The van der Waals surface area contributed by atoms with Crippen molar-refractivity contribution in [3.63, 3.8) is 0 Å². The molecule has 0 bridgehead atoms. The molecule has 2 saturated heterocycles. The van der Waals surface area contributed by atoms with E-state index in [1.807, 2.05) is 4.90 Å². The predicted molar refractivity (Wildman–Crippen MR) is 120 cm³/mol. The number of hydrogen-bond donors (Lipinski definition) is 4. The number of ether oxygens (including phenoxy) is 1. The number of rotatable bonds is 5. The molecule has 32 heavy (non-hydrogen) atoms. The molecule has 2 fully saturated rings. The van der Waals surface area contributed by atoms with Gasteiger partial charge in [0, 0.05) is 19.5 Å². The zero-order valence-electron chi connectivity index (χ0n) is 18.8. The third-order valence-electron chi connectivity index (χ3n) is 6.92. The van der Waals surface area contributed by atoms with Crippen molar-refractivity contribution in [3.05, 3.63) is 6.33 Å². The maximum Gasteiger partial charge on any atom is 0.239 e. The number of aliphatic hydroxyl groups is 1. The fraction of sp³-hybridized carbons (Fsp3) is 0.714. The number of unbranched alkanes of at least 4 members (excludes halogenated alkanes) is 1. The highest BCUT2D eigenvalue weighted by molar-refractivity contribution is 5.83. The molecule has 2 aromatic rings. The summed E-state index contributed by atoms with van der Waals surface area (Å²) in [5.41, 5.74) is 17.1. The highest BCUT2D eigenvalue weighted by Crippen LogP contribution is 2.44. The maximum absolute atomic E-state index is 12.7.